The number of anilines is 1. The smallest absolute Gasteiger partial charge is 0.223 e. The third kappa shape index (κ3) is 4.11. The third-order valence-corrected chi connectivity index (χ3v) is 4.54. The van der Waals surface area contributed by atoms with Crippen molar-refractivity contribution in [3.8, 4) is 0 Å². The molecule has 3 heterocycles. The summed E-state index contributed by atoms with van der Waals surface area (Å²) in [7, 11) is 0. The number of thiazole rings is 1. The molecule has 0 spiro atoms. The molecule has 0 saturated carbocycles. The minimum Gasteiger partial charge on any atom is -0.302 e. The average Bonchev–Trinajstić information content (AvgIpc) is 3.11. The van der Waals surface area contributed by atoms with Crippen LogP contribution >= 0.6 is 11.3 Å². The van der Waals surface area contributed by atoms with Crippen molar-refractivity contribution in [3.63, 3.8) is 0 Å². The Labute approximate surface area is 133 Å². The first kappa shape index (κ1) is 15.1. The van der Waals surface area contributed by atoms with E-state index >= 15 is 0 Å². The van der Waals surface area contributed by atoms with Gasteiger partial charge in [0, 0.05) is 31.9 Å². The van der Waals surface area contributed by atoms with Gasteiger partial charge >= 0.3 is 0 Å². The number of aromatic nitrogens is 4. The summed E-state index contributed by atoms with van der Waals surface area (Å²) in [6.45, 7) is 5.41. The van der Waals surface area contributed by atoms with Crippen LogP contribution in [0, 0.1) is 5.92 Å². The Bertz CT molecular complexity index is 611. The number of hydrogen-bond donors (Lipinski definition) is 1. The molecule has 1 fully saturated rings. The molecule has 8 heteroatoms. The van der Waals surface area contributed by atoms with E-state index in [1.165, 1.54) is 31.1 Å². The maximum absolute atomic E-state index is 11.0. The van der Waals surface area contributed by atoms with Crippen molar-refractivity contribution in [2.75, 3.05) is 18.4 Å². The van der Waals surface area contributed by atoms with Crippen LogP contribution in [0.15, 0.2) is 18.0 Å². The van der Waals surface area contributed by atoms with E-state index in [0.717, 1.165) is 31.9 Å². The summed E-state index contributed by atoms with van der Waals surface area (Å²) in [5.41, 5.74) is 1.02. The minimum absolute atomic E-state index is 0.0771. The number of nitrogens with one attached hydrogen (secondary N) is 1. The summed E-state index contributed by atoms with van der Waals surface area (Å²) in [5, 5.41) is 9.62. The molecule has 0 radical (unpaired) electrons. The highest BCUT2D eigenvalue weighted by molar-refractivity contribution is 7.13. The van der Waals surface area contributed by atoms with E-state index in [9.17, 15) is 4.79 Å². The highest BCUT2D eigenvalue weighted by atomic mass is 32.1. The van der Waals surface area contributed by atoms with Crippen molar-refractivity contribution in [2.24, 2.45) is 5.92 Å². The summed E-state index contributed by atoms with van der Waals surface area (Å²) < 4.78 is 1.91. The van der Waals surface area contributed by atoms with Gasteiger partial charge in [0.25, 0.3) is 0 Å². The summed E-state index contributed by atoms with van der Waals surface area (Å²) >= 11 is 1.48. The molecule has 0 unspecified atom stereocenters. The average molecular weight is 320 g/mol. The summed E-state index contributed by atoms with van der Waals surface area (Å²) in [5.74, 6) is 0.524. The van der Waals surface area contributed by atoms with Crippen molar-refractivity contribution >= 4 is 22.4 Å². The van der Waals surface area contributed by atoms with E-state index in [-0.39, 0.29) is 5.91 Å². The van der Waals surface area contributed by atoms with Crippen LogP contribution in [0.5, 0.6) is 0 Å². The molecule has 7 nitrogen and oxygen atoms in total. The minimum atomic E-state index is -0.0771. The fraction of sp³-hybridized carbons (Fsp3) is 0.571. The largest absolute Gasteiger partial charge is 0.302 e. The fourth-order valence-electron chi connectivity index (χ4n) is 2.85. The van der Waals surface area contributed by atoms with Gasteiger partial charge in [-0.2, -0.15) is 5.10 Å². The van der Waals surface area contributed by atoms with E-state index in [0.29, 0.717) is 11.0 Å². The van der Waals surface area contributed by atoms with Gasteiger partial charge in [0.2, 0.25) is 5.91 Å². The first-order chi connectivity index (χ1) is 10.7. The normalized spacial score (nSPS) is 19.2. The second-order valence-corrected chi connectivity index (χ2v) is 6.54. The lowest BCUT2D eigenvalue weighted by atomic mass is 9.98. The van der Waals surface area contributed by atoms with Crippen molar-refractivity contribution in [3.05, 3.63) is 23.7 Å². The topological polar surface area (TPSA) is 75.9 Å². The van der Waals surface area contributed by atoms with Gasteiger partial charge in [-0.1, -0.05) is 0 Å². The molecule has 1 amide bonds. The molecular weight excluding hydrogens is 300 g/mol. The Morgan fingerprint density at radius 2 is 2.45 bits per heavy atom. The molecule has 2 aromatic rings. The van der Waals surface area contributed by atoms with Crippen LogP contribution in [0.3, 0.4) is 0 Å². The molecular formula is C14H20N6OS. The van der Waals surface area contributed by atoms with Crippen molar-refractivity contribution < 1.29 is 4.79 Å². The zero-order chi connectivity index (χ0) is 15.4. The lowest BCUT2D eigenvalue weighted by Crippen LogP contribution is -2.36. The van der Waals surface area contributed by atoms with E-state index in [4.69, 9.17) is 0 Å². The van der Waals surface area contributed by atoms with Gasteiger partial charge in [-0.3, -0.25) is 14.4 Å². The molecule has 1 aliphatic rings. The molecule has 118 valence electrons. The van der Waals surface area contributed by atoms with E-state index in [2.05, 4.69) is 25.3 Å². The predicted molar refractivity (Wildman–Crippen MR) is 84.4 cm³/mol. The quantitative estimate of drug-likeness (QED) is 0.906. The van der Waals surface area contributed by atoms with Crippen LogP contribution in [0.25, 0.3) is 0 Å². The van der Waals surface area contributed by atoms with Crippen molar-refractivity contribution in [1.82, 2.24) is 24.6 Å². The first-order valence-corrected chi connectivity index (χ1v) is 8.34. The zero-order valence-electron chi connectivity index (χ0n) is 12.6. The predicted octanol–water partition coefficient (Wildman–Crippen LogP) is 1.61. The van der Waals surface area contributed by atoms with E-state index < -0.39 is 0 Å². The number of likely N-dealkylation sites (tertiary alicyclic amines) is 1. The number of nitrogens with zero attached hydrogens (tertiary/aromatic N) is 5. The highest BCUT2D eigenvalue weighted by Gasteiger charge is 2.21. The molecule has 0 aliphatic carbocycles. The third-order valence-electron chi connectivity index (χ3n) is 3.74. The van der Waals surface area contributed by atoms with Gasteiger partial charge < -0.3 is 5.32 Å². The number of carbonyl (C=O) groups is 1. The fourth-order valence-corrected chi connectivity index (χ4v) is 3.60. The molecule has 1 N–H and O–H groups in total. The second kappa shape index (κ2) is 6.97. The van der Waals surface area contributed by atoms with Crippen LogP contribution in [-0.4, -0.2) is 43.6 Å². The maximum atomic E-state index is 11.0. The zero-order valence-corrected chi connectivity index (χ0v) is 13.4. The van der Waals surface area contributed by atoms with E-state index in [1.54, 1.807) is 12.7 Å². The molecule has 22 heavy (non-hydrogen) atoms. The lowest BCUT2D eigenvalue weighted by molar-refractivity contribution is -0.114. The summed E-state index contributed by atoms with van der Waals surface area (Å²) in [4.78, 5) is 21.9. The Kier molecular flexibility index (Phi) is 4.79. The number of piperidine rings is 1. The van der Waals surface area contributed by atoms with Crippen LogP contribution in [0.1, 0.15) is 25.5 Å². The standard InChI is InChI=1S/C14H20N6OS/c1-11(21)17-14-18-13(8-22-14)7-19-4-2-3-12(5-19)6-20-10-15-9-16-20/h8-10,12H,2-7H2,1H3,(H,17,18,21)/t12-/m0/s1. The second-order valence-electron chi connectivity index (χ2n) is 5.69. The van der Waals surface area contributed by atoms with Crippen LogP contribution in [0.4, 0.5) is 5.13 Å². The van der Waals surface area contributed by atoms with Gasteiger partial charge in [0.15, 0.2) is 5.13 Å². The Morgan fingerprint density at radius 3 is 3.23 bits per heavy atom. The van der Waals surface area contributed by atoms with Gasteiger partial charge in [-0.05, 0) is 25.3 Å². The molecule has 3 rings (SSSR count). The van der Waals surface area contributed by atoms with Crippen LogP contribution in [0.2, 0.25) is 0 Å². The molecule has 0 aromatic carbocycles. The molecule has 1 atom stereocenters. The Balaban J connectivity index is 1.53. The molecule has 2 aromatic heterocycles. The molecule has 0 bridgehead atoms. The monoisotopic (exact) mass is 320 g/mol. The van der Waals surface area contributed by atoms with Crippen LogP contribution < -0.4 is 5.32 Å². The Hall–Kier alpha value is -1.80. The maximum Gasteiger partial charge on any atom is 0.223 e. The van der Waals surface area contributed by atoms with Crippen molar-refractivity contribution in [1.29, 1.82) is 0 Å². The van der Waals surface area contributed by atoms with Gasteiger partial charge in [0.05, 0.1) is 5.69 Å². The van der Waals surface area contributed by atoms with Gasteiger partial charge in [-0.25, -0.2) is 9.97 Å². The highest BCUT2D eigenvalue weighted by Crippen LogP contribution is 2.22. The van der Waals surface area contributed by atoms with Gasteiger partial charge in [-0.15, -0.1) is 11.3 Å². The Morgan fingerprint density at radius 1 is 1.55 bits per heavy atom. The summed E-state index contributed by atoms with van der Waals surface area (Å²) in [6.07, 6.45) is 5.78. The number of hydrogen-bond acceptors (Lipinski definition) is 6. The number of amides is 1. The SMILES string of the molecule is CC(=O)Nc1nc(CN2CCC[C@H](Cn3cncn3)C2)cs1. The lowest BCUT2D eigenvalue weighted by Gasteiger charge is -2.32. The van der Waals surface area contributed by atoms with Crippen LogP contribution in [-0.2, 0) is 17.9 Å². The van der Waals surface area contributed by atoms with E-state index in [1.807, 2.05) is 10.1 Å². The number of rotatable bonds is 5. The van der Waals surface area contributed by atoms with Gasteiger partial charge in [0.1, 0.15) is 12.7 Å². The number of carbonyl (C=O) groups excluding carboxylic acids is 1. The summed E-state index contributed by atoms with van der Waals surface area (Å²) in [6, 6.07) is 0. The molecule has 1 saturated heterocycles. The first-order valence-electron chi connectivity index (χ1n) is 7.46. The molecule has 1 aliphatic heterocycles. The van der Waals surface area contributed by atoms with Crippen molar-refractivity contribution in [2.45, 2.75) is 32.9 Å².